The van der Waals surface area contributed by atoms with Crippen LogP contribution < -0.4 is 0 Å². The zero-order valence-electron chi connectivity index (χ0n) is 12.9. The van der Waals surface area contributed by atoms with Gasteiger partial charge >= 0.3 is 0 Å². The highest BCUT2D eigenvalue weighted by Gasteiger charge is 2.53. The highest BCUT2D eigenvalue weighted by atomic mass is 19.1. The zero-order chi connectivity index (χ0) is 15.5. The quantitative estimate of drug-likeness (QED) is 0.884. The smallest absolute Gasteiger partial charge is 0.129 e. The van der Waals surface area contributed by atoms with E-state index in [-0.39, 0.29) is 5.56 Å². The Bertz CT molecular complexity index is 528. The Balaban J connectivity index is 2.43. The third-order valence-corrected chi connectivity index (χ3v) is 5.37. The third kappa shape index (κ3) is 2.58. The van der Waals surface area contributed by atoms with E-state index in [0.717, 1.165) is 19.3 Å². The molecule has 0 aliphatic heterocycles. The highest BCUT2D eigenvalue weighted by Crippen LogP contribution is 2.53. The molecule has 1 aromatic carbocycles. The minimum absolute atomic E-state index is 0.268. The number of halogens is 1. The van der Waals surface area contributed by atoms with Gasteiger partial charge in [0.2, 0.25) is 0 Å². The largest absolute Gasteiger partial charge is 0.383 e. The van der Waals surface area contributed by atoms with E-state index < -0.39 is 16.8 Å². The Labute approximate surface area is 126 Å². The van der Waals surface area contributed by atoms with Crippen molar-refractivity contribution in [1.29, 1.82) is 5.26 Å². The Kier molecular flexibility index (Phi) is 4.68. The van der Waals surface area contributed by atoms with E-state index in [0.29, 0.717) is 25.2 Å². The molecule has 2 nitrogen and oxygen atoms in total. The fourth-order valence-electron chi connectivity index (χ4n) is 3.78. The van der Waals surface area contributed by atoms with Crippen LogP contribution in [-0.2, 0) is 5.60 Å². The first-order valence-corrected chi connectivity index (χ1v) is 7.91. The maximum atomic E-state index is 14.2. The summed E-state index contributed by atoms with van der Waals surface area (Å²) in [5, 5.41) is 21.0. The molecular weight excluding hydrogens is 265 g/mol. The van der Waals surface area contributed by atoms with Crippen molar-refractivity contribution in [1.82, 2.24) is 0 Å². The number of nitrogens with zero attached hydrogens (tertiary/aromatic N) is 1. The van der Waals surface area contributed by atoms with Crippen LogP contribution in [0.15, 0.2) is 24.3 Å². The van der Waals surface area contributed by atoms with E-state index in [1.165, 1.54) is 6.07 Å². The van der Waals surface area contributed by atoms with Crippen LogP contribution in [0.2, 0.25) is 0 Å². The third-order valence-electron chi connectivity index (χ3n) is 5.37. The molecule has 0 amide bonds. The predicted octanol–water partition coefficient (Wildman–Crippen LogP) is 4.53. The van der Waals surface area contributed by atoms with Gasteiger partial charge in [0, 0.05) is 5.56 Å². The molecule has 0 spiro atoms. The van der Waals surface area contributed by atoms with Gasteiger partial charge in [0.25, 0.3) is 0 Å². The fourth-order valence-corrected chi connectivity index (χ4v) is 3.78. The number of benzene rings is 1. The number of rotatable bonds is 4. The Morgan fingerprint density at radius 3 is 2.43 bits per heavy atom. The van der Waals surface area contributed by atoms with Crippen LogP contribution in [0.1, 0.15) is 57.9 Å². The van der Waals surface area contributed by atoms with Gasteiger partial charge in [0.15, 0.2) is 0 Å². The van der Waals surface area contributed by atoms with Crippen LogP contribution in [0.4, 0.5) is 4.39 Å². The molecule has 1 saturated carbocycles. The average Bonchev–Trinajstić information content (AvgIpc) is 2.54. The summed E-state index contributed by atoms with van der Waals surface area (Å²) < 4.78 is 14.2. The normalized spacial score (nSPS) is 28.6. The molecule has 1 aliphatic rings. The molecule has 0 bridgehead atoms. The van der Waals surface area contributed by atoms with Crippen LogP contribution in [0, 0.1) is 28.5 Å². The van der Waals surface area contributed by atoms with Gasteiger partial charge in [-0.2, -0.15) is 5.26 Å². The summed E-state index contributed by atoms with van der Waals surface area (Å²) in [6.45, 7) is 3.99. The number of hydrogen-bond donors (Lipinski definition) is 1. The first-order valence-electron chi connectivity index (χ1n) is 7.91. The minimum Gasteiger partial charge on any atom is -0.383 e. The van der Waals surface area contributed by atoms with E-state index in [1.807, 2.05) is 6.92 Å². The maximum Gasteiger partial charge on any atom is 0.129 e. The van der Waals surface area contributed by atoms with E-state index >= 15 is 0 Å². The van der Waals surface area contributed by atoms with Crippen molar-refractivity contribution >= 4 is 0 Å². The van der Waals surface area contributed by atoms with Crippen LogP contribution in [-0.4, -0.2) is 5.11 Å². The van der Waals surface area contributed by atoms with E-state index in [2.05, 4.69) is 13.0 Å². The van der Waals surface area contributed by atoms with Crippen molar-refractivity contribution in [3.63, 3.8) is 0 Å². The van der Waals surface area contributed by atoms with Crippen LogP contribution >= 0.6 is 0 Å². The summed E-state index contributed by atoms with van der Waals surface area (Å²) in [5.41, 5.74) is -2.02. The van der Waals surface area contributed by atoms with Gasteiger partial charge < -0.3 is 5.11 Å². The van der Waals surface area contributed by atoms with Crippen molar-refractivity contribution < 1.29 is 9.50 Å². The van der Waals surface area contributed by atoms with Gasteiger partial charge in [-0.05, 0) is 44.1 Å². The van der Waals surface area contributed by atoms with E-state index in [1.54, 1.807) is 18.2 Å². The topological polar surface area (TPSA) is 44.0 Å². The van der Waals surface area contributed by atoms with Crippen LogP contribution in [0.25, 0.3) is 0 Å². The van der Waals surface area contributed by atoms with Crippen molar-refractivity contribution in [3.8, 4) is 6.07 Å². The average molecular weight is 289 g/mol. The molecular formula is C18H24FNO. The molecule has 1 fully saturated rings. The summed E-state index contributed by atoms with van der Waals surface area (Å²) in [5.74, 6) is 0.197. The lowest BCUT2D eigenvalue weighted by molar-refractivity contribution is -0.0900. The molecule has 2 rings (SSSR count). The second-order valence-electron chi connectivity index (χ2n) is 6.24. The second-order valence-corrected chi connectivity index (χ2v) is 6.24. The number of nitriles is 1. The highest BCUT2D eigenvalue weighted by molar-refractivity contribution is 5.30. The summed E-state index contributed by atoms with van der Waals surface area (Å²) in [6, 6.07) is 8.67. The summed E-state index contributed by atoms with van der Waals surface area (Å²) >= 11 is 0. The lowest BCUT2D eigenvalue weighted by atomic mass is 9.59. The van der Waals surface area contributed by atoms with Gasteiger partial charge in [-0.3, -0.25) is 0 Å². The van der Waals surface area contributed by atoms with Crippen molar-refractivity contribution in [2.24, 2.45) is 11.3 Å². The molecule has 0 heterocycles. The number of hydrogen-bond acceptors (Lipinski definition) is 2. The molecule has 1 aliphatic carbocycles. The second kappa shape index (κ2) is 6.15. The minimum atomic E-state index is -1.41. The molecule has 1 unspecified atom stereocenters. The van der Waals surface area contributed by atoms with Crippen molar-refractivity contribution in [3.05, 3.63) is 35.6 Å². The molecule has 3 heteroatoms. The van der Waals surface area contributed by atoms with Crippen molar-refractivity contribution in [2.75, 3.05) is 0 Å². The Morgan fingerprint density at radius 1 is 1.33 bits per heavy atom. The monoisotopic (exact) mass is 289 g/mol. The lowest BCUT2D eigenvalue weighted by Gasteiger charge is -2.46. The van der Waals surface area contributed by atoms with Gasteiger partial charge in [-0.1, -0.05) is 38.5 Å². The van der Waals surface area contributed by atoms with Crippen LogP contribution in [0.5, 0.6) is 0 Å². The molecule has 1 aromatic rings. The fraction of sp³-hybridized carbons (Fsp3) is 0.611. The molecule has 0 saturated heterocycles. The van der Waals surface area contributed by atoms with E-state index in [4.69, 9.17) is 0 Å². The molecule has 1 N–H and O–H groups in total. The first kappa shape index (κ1) is 16.0. The molecule has 1 atom stereocenters. The van der Waals surface area contributed by atoms with Gasteiger partial charge in [0.05, 0.1) is 11.5 Å². The molecule has 0 aromatic heterocycles. The zero-order valence-corrected chi connectivity index (χ0v) is 12.9. The lowest BCUT2D eigenvalue weighted by Crippen LogP contribution is -2.47. The summed E-state index contributed by atoms with van der Waals surface area (Å²) in [4.78, 5) is 0. The van der Waals surface area contributed by atoms with Crippen LogP contribution in [0.3, 0.4) is 0 Å². The standard InChI is InChI=1S/C18H24FNO/c1-3-14-9-11-17(13-20,12-10-14)18(21,4-2)15-7-5-6-8-16(15)19/h5-8,14,21H,3-4,9-12H2,1-2H3. The predicted molar refractivity (Wildman–Crippen MR) is 80.9 cm³/mol. The van der Waals surface area contributed by atoms with Gasteiger partial charge in [-0.15, -0.1) is 0 Å². The summed E-state index contributed by atoms with van der Waals surface area (Å²) in [6.07, 6.45) is 4.59. The maximum absolute atomic E-state index is 14.2. The van der Waals surface area contributed by atoms with Gasteiger partial charge in [0.1, 0.15) is 11.4 Å². The molecule has 0 radical (unpaired) electrons. The van der Waals surface area contributed by atoms with Crippen molar-refractivity contribution in [2.45, 2.75) is 58.0 Å². The Morgan fingerprint density at radius 2 is 1.95 bits per heavy atom. The molecule has 21 heavy (non-hydrogen) atoms. The Hall–Kier alpha value is -1.40. The first-order chi connectivity index (χ1) is 10.0. The SMILES string of the molecule is CCC1CCC(C#N)(C(O)(CC)c2ccccc2F)CC1. The van der Waals surface area contributed by atoms with Gasteiger partial charge in [-0.25, -0.2) is 4.39 Å². The summed E-state index contributed by atoms with van der Waals surface area (Å²) in [7, 11) is 0. The molecule has 114 valence electrons. The van der Waals surface area contributed by atoms with E-state index in [9.17, 15) is 14.8 Å². The number of aliphatic hydroxyl groups is 1.